The zero-order valence-electron chi connectivity index (χ0n) is 15.4. The first-order valence-corrected chi connectivity index (χ1v) is 9.75. The van der Waals surface area contributed by atoms with Crippen molar-refractivity contribution in [2.75, 3.05) is 25.5 Å². The Morgan fingerprint density at radius 1 is 1.43 bits per heavy atom. The van der Waals surface area contributed by atoms with Crippen LogP contribution in [0.15, 0.2) is 12.1 Å². The lowest BCUT2D eigenvalue weighted by atomic mass is 10.0. The number of aromatic hydroxyl groups is 1. The lowest BCUT2D eigenvalue weighted by Crippen LogP contribution is -2.38. The highest BCUT2D eigenvalue weighted by Gasteiger charge is 2.34. The predicted octanol–water partition coefficient (Wildman–Crippen LogP) is 2.60. The van der Waals surface area contributed by atoms with Crippen LogP contribution in [-0.4, -0.2) is 41.0 Å². The summed E-state index contributed by atoms with van der Waals surface area (Å²) in [5.74, 6) is -0.705. The number of nitrogens with zero attached hydrogens (tertiary/aromatic N) is 2. The van der Waals surface area contributed by atoms with Gasteiger partial charge in [0, 0.05) is 29.6 Å². The Balaban J connectivity index is 1.72. The first-order chi connectivity index (χ1) is 13.4. The van der Waals surface area contributed by atoms with E-state index in [9.17, 15) is 20.0 Å². The van der Waals surface area contributed by atoms with Gasteiger partial charge < -0.3 is 25.4 Å². The Labute approximate surface area is 165 Å². The number of carbonyl (C=O) groups is 1. The second-order valence-electron chi connectivity index (χ2n) is 6.82. The number of hydrogen-bond donors (Lipinski definition) is 3. The summed E-state index contributed by atoms with van der Waals surface area (Å²) in [4.78, 5) is 26.8. The lowest BCUT2D eigenvalue weighted by Gasteiger charge is -2.27. The maximum Gasteiger partial charge on any atom is 0.315 e. The van der Waals surface area contributed by atoms with Crippen molar-refractivity contribution >= 4 is 27.9 Å². The van der Waals surface area contributed by atoms with Gasteiger partial charge in [0.05, 0.1) is 17.1 Å². The van der Waals surface area contributed by atoms with Crippen LogP contribution in [0.3, 0.4) is 0 Å². The summed E-state index contributed by atoms with van der Waals surface area (Å²) in [6, 6.07) is 2.76. The van der Waals surface area contributed by atoms with Crippen LogP contribution in [0.5, 0.6) is 11.5 Å². The van der Waals surface area contributed by atoms with Crippen LogP contribution in [0.25, 0.3) is 0 Å². The number of nitro groups is 1. The Bertz CT molecular complexity index is 973. The van der Waals surface area contributed by atoms with Crippen molar-refractivity contribution in [1.29, 1.82) is 0 Å². The van der Waals surface area contributed by atoms with Gasteiger partial charge in [-0.05, 0) is 32.0 Å². The number of phenols is 1. The van der Waals surface area contributed by atoms with Gasteiger partial charge in [-0.1, -0.05) is 0 Å². The van der Waals surface area contributed by atoms with E-state index in [1.54, 1.807) is 18.3 Å². The SMILES string of the molecule is CCOc1cc(C2NC(=O)c3c(sc4c3CCN(C)C4)N2)cc([N+](=O)[O-])c1O. The summed E-state index contributed by atoms with van der Waals surface area (Å²) in [6.45, 7) is 3.66. The summed E-state index contributed by atoms with van der Waals surface area (Å²) in [7, 11) is 2.04. The van der Waals surface area contributed by atoms with Crippen molar-refractivity contribution < 1.29 is 19.6 Å². The van der Waals surface area contributed by atoms with Crippen LogP contribution >= 0.6 is 11.3 Å². The highest BCUT2D eigenvalue weighted by atomic mass is 32.1. The van der Waals surface area contributed by atoms with Crippen molar-refractivity contribution in [1.82, 2.24) is 10.2 Å². The highest BCUT2D eigenvalue weighted by Crippen LogP contribution is 2.43. The number of benzene rings is 1. The molecule has 0 fully saturated rings. The van der Waals surface area contributed by atoms with Gasteiger partial charge >= 0.3 is 5.69 Å². The van der Waals surface area contributed by atoms with Gasteiger partial charge in [0.25, 0.3) is 5.91 Å². The number of rotatable bonds is 4. The molecule has 0 aliphatic carbocycles. The summed E-state index contributed by atoms with van der Waals surface area (Å²) >= 11 is 1.54. The quantitative estimate of drug-likeness (QED) is 0.530. The van der Waals surface area contributed by atoms with Crippen LogP contribution in [0, 0.1) is 10.1 Å². The largest absolute Gasteiger partial charge is 0.500 e. The smallest absolute Gasteiger partial charge is 0.315 e. The van der Waals surface area contributed by atoms with Crippen LogP contribution in [0.4, 0.5) is 10.7 Å². The van der Waals surface area contributed by atoms with E-state index < -0.39 is 22.5 Å². The third-order valence-electron chi connectivity index (χ3n) is 4.93. The second-order valence-corrected chi connectivity index (χ2v) is 7.93. The molecular formula is C18H20N4O5S. The van der Waals surface area contributed by atoms with Gasteiger partial charge in [-0.2, -0.15) is 0 Å². The Morgan fingerprint density at radius 3 is 2.93 bits per heavy atom. The van der Waals surface area contributed by atoms with E-state index in [1.807, 2.05) is 7.05 Å². The minimum absolute atomic E-state index is 0.0145. The van der Waals surface area contributed by atoms with Crippen LogP contribution in [-0.2, 0) is 13.0 Å². The minimum Gasteiger partial charge on any atom is -0.500 e. The van der Waals surface area contributed by atoms with E-state index in [0.29, 0.717) is 11.1 Å². The Hall–Kier alpha value is -2.85. The molecule has 3 N–H and O–H groups in total. The normalized spacial score (nSPS) is 18.6. The standard InChI is InChI=1S/C18H20N4O5S/c1-3-27-12-7-9(6-11(15(12)23)22(25)26)16-19-17(24)14-10-4-5-21(2)8-13(10)28-18(14)20-16/h6-7,16,20,23H,3-5,8H2,1-2H3,(H,19,24). The number of fused-ring (bicyclic) bond motifs is 3. The number of ether oxygens (including phenoxy) is 1. The van der Waals surface area contributed by atoms with Crippen molar-refractivity contribution in [3.8, 4) is 11.5 Å². The fraction of sp³-hybridized carbons (Fsp3) is 0.389. The van der Waals surface area contributed by atoms with E-state index in [2.05, 4.69) is 15.5 Å². The molecule has 1 unspecified atom stereocenters. The zero-order chi connectivity index (χ0) is 20.0. The van der Waals surface area contributed by atoms with Crippen molar-refractivity contribution in [3.05, 3.63) is 43.8 Å². The van der Waals surface area contributed by atoms with Gasteiger partial charge in [0.1, 0.15) is 11.2 Å². The number of nitrogens with one attached hydrogen (secondary N) is 2. The maximum atomic E-state index is 12.8. The van der Waals surface area contributed by atoms with E-state index in [1.165, 1.54) is 12.1 Å². The van der Waals surface area contributed by atoms with Gasteiger partial charge in [-0.15, -0.1) is 11.3 Å². The zero-order valence-corrected chi connectivity index (χ0v) is 16.3. The number of thiophene rings is 1. The molecule has 0 saturated carbocycles. The highest BCUT2D eigenvalue weighted by molar-refractivity contribution is 7.16. The van der Waals surface area contributed by atoms with E-state index in [0.717, 1.165) is 35.0 Å². The summed E-state index contributed by atoms with van der Waals surface area (Å²) in [5, 5.41) is 28.3. The molecule has 0 saturated heterocycles. The fourth-order valence-electron chi connectivity index (χ4n) is 3.60. The Morgan fingerprint density at radius 2 is 2.21 bits per heavy atom. The van der Waals surface area contributed by atoms with E-state index >= 15 is 0 Å². The molecule has 148 valence electrons. The number of amides is 1. The molecule has 0 radical (unpaired) electrons. The number of hydrogen-bond acceptors (Lipinski definition) is 8. The average Bonchev–Trinajstić information content (AvgIpc) is 3.01. The van der Waals surface area contributed by atoms with Gasteiger partial charge in [-0.3, -0.25) is 14.9 Å². The molecule has 4 rings (SSSR count). The third kappa shape index (κ3) is 3.04. The molecule has 0 bridgehead atoms. The molecule has 2 aliphatic rings. The molecular weight excluding hydrogens is 384 g/mol. The molecule has 2 aromatic rings. The topological polar surface area (TPSA) is 117 Å². The molecule has 9 nitrogen and oxygen atoms in total. The molecule has 1 aromatic carbocycles. The summed E-state index contributed by atoms with van der Waals surface area (Å²) in [5.41, 5.74) is 1.72. The minimum atomic E-state index is -0.670. The lowest BCUT2D eigenvalue weighted by molar-refractivity contribution is -0.386. The molecule has 0 spiro atoms. The molecule has 10 heteroatoms. The maximum absolute atomic E-state index is 12.8. The molecule has 3 heterocycles. The van der Waals surface area contributed by atoms with Crippen molar-refractivity contribution in [2.45, 2.75) is 26.1 Å². The first kappa shape index (κ1) is 18.5. The van der Waals surface area contributed by atoms with Crippen LogP contribution < -0.4 is 15.4 Å². The summed E-state index contributed by atoms with van der Waals surface area (Å²) < 4.78 is 5.34. The van der Waals surface area contributed by atoms with Gasteiger partial charge in [0.15, 0.2) is 5.75 Å². The van der Waals surface area contributed by atoms with E-state index in [4.69, 9.17) is 4.74 Å². The molecule has 1 atom stereocenters. The molecule has 28 heavy (non-hydrogen) atoms. The summed E-state index contributed by atoms with van der Waals surface area (Å²) in [6.07, 6.45) is 0.160. The van der Waals surface area contributed by atoms with Crippen LogP contribution in [0.2, 0.25) is 0 Å². The van der Waals surface area contributed by atoms with Crippen LogP contribution in [0.1, 0.15) is 39.5 Å². The molecule has 1 amide bonds. The Kier molecular flexibility index (Phi) is 4.60. The molecule has 1 aromatic heterocycles. The van der Waals surface area contributed by atoms with Crippen molar-refractivity contribution in [2.24, 2.45) is 0 Å². The number of nitro benzene ring substituents is 1. The monoisotopic (exact) mass is 404 g/mol. The first-order valence-electron chi connectivity index (χ1n) is 8.93. The fourth-order valence-corrected chi connectivity index (χ4v) is 4.95. The third-order valence-corrected chi connectivity index (χ3v) is 6.08. The van der Waals surface area contributed by atoms with Crippen molar-refractivity contribution in [3.63, 3.8) is 0 Å². The average molecular weight is 404 g/mol. The number of phenolic OH excluding ortho intramolecular Hbond substituents is 1. The van der Waals surface area contributed by atoms with E-state index in [-0.39, 0.29) is 18.3 Å². The predicted molar refractivity (Wildman–Crippen MR) is 104 cm³/mol. The number of anilines is 1. The van der Waals surface area contributed by atoms with Gasteiger partial charge in [0.2, 0.25) is 5.75 Å². The number of likely N-dealkylation sites (N-methyl/N-ethyl adjacent to an activating group) is 1. The number of carbonyl (C=O) groups excluding carboxylic acids is 1. The van der Waals surface area contributed by atoms with Gasteiger partial charge in [-0.25, -0.2) is 0 Å². The second kappa shape index (κ2) is 6.95. The molecule has 2 aliphatic heterocycles.